The van der Waals surface area contributed by atoms with E-state index < -0.39 is 0 Å². The highest BCUT2D eigenvalue weighted by atomic mass is 35.5. The van der Waals surface area contributed by atoms with Gasteiger partial charge in [0.25, 0.3) is 5.56 Å². The number of halogens is 1. The molecular formula is C19H15ClN2O2. The Morgan fingerprint density at radius 3 is 2.67 bits per heavy atom. The molecule has 2 N–H and O–H groups in total. The van der Waals surface area contributed by atoms with Crippen molar-refractivity contribution in [1.82, 2.24) is 9.97 Å². The fourth-order valence-electron chi connectivity index (χ4n) is 3.13. The number of methoxy groups -OCH3 is 1. The minimum Gasteiger partial charge on any atom is -0.497 e. The van der Waals surface area contributed by atoms with E-state index in [4.69, 9.17) is 16.3 Å². The fraction of sp³-hybridized carbons (Fsp3) is 0.105. The second-order valence-electron chi connectivity index (χ2n) is 5.75. The number of fused-ring (bicyclic) bond motifs is 3. The first-order chi connectivity index (χ1) is 11.6. The van der Waals surface area contributed by atoms with E-state index in [1.165, 1.54) is 0 Å². The first-order valence-electron chi connectivity index (χ1n) is 7.56. The molecule has 4 aromatic rings. The smallest absolute Gasteiger partial charge is 0.252 e. The molecule has 0 atom stereocenters. The average Bonchev–Trinajstić information content (AvgIpc) is 2.93. The van der Waals surface area contributed by atoms with Crippen LogP contribution in [0.1, 0.15) is 5.56 Å². The second kappa shape index (κ2) is 5.42. The van der Waals surface area contributed by atoms with Gasteiger partial charge in [-0.25, -0.2) is 0 Å². The van der Waals surface area contributed by atoms with Crippen molar-refractivity contribution >= 4 is 33.5 Å². The molecule has 0 aliphatic rings. The summed E-state index contributed by atoms with van der Waals surface area (Å²) in [5.41, 5.74) is 4.94. The molecule has 4 nitrogen and oxygen atoms in total. The number of nitrogens with one attached hydrogen (secondary N) is 2. The molecule has 0 aliphatic heterocycles. The van der Waals surface area contributed by atoms with Crippen molar-refractivity contribution in [3.63, 3.8) is 0 Å². The lowest BCUT2D eigenvalue weighted by molar-refractivity contribution is 0.415. The summed E-state index contributed by atoms with van der Waals surface area (Å²) in [4.78, 5) is 18.9. The van der Waals surface area contributed by atoms with Crippen LogP contribution in [0.25, 0.3) is 33.1 Å². The zero-order valence-electron chi connectivity index (χ0n) is 13.2. The quantitative estimate of drug-likeness (QED) is 0.559. The number of H-pyrrole nitrogens is 2. The third kappa shape index (κ3) is 2.19. The molecule has 4 rings (SSSR count). The second-order valence-corrected chi connectivity index (χ2v) is 6.19. The summed E-state index contributed by atoms with van der Waals surface area (Å²) in [7, 11) is 1.63. The highest BCUT2D eigenvalue weighted by molar-refractivity contribution is 6.31. The van der Waals surface area contributed by atoms with Crippen molar-refractivity contribution in [3.05, 3.63) is 63.4 Å². The number of benzene rings is 2. The summed E-state index contributed by atoms with van der Waals surface area (Å²) in [6, 6.07) is 13.3. The lowest BCUT2D eigenvalue weighted by Crippen LogP contribution is -2.10. The number of aromatic nitrogens is 2. The van der Waals surface area contributed by atoms with Crippen LogP contribution in [0.15, 0.2) is 47.3 Å². The van der Waals surface area contributed by atoms with Gasteiger partial charge >= 0.3 is 0 Å². The summed E-state index contributed by atoms with van der Waals surface area (Å²) in [6.07, 6.45) is 0. The van der Waals surface area contributed by atoms with Crippen LogP contribution in [-0.4, -0.2) is 17.1 Å². The van der Waals surface area contributed by atoms with Crippen LogP contribution in [0, 0.1) is 6.92 Å². The van der Waals surface area contributed by atoms with Crippen molar-refractivity contribution in [2.24, 2.45) is 0 Å². The van der Waals surface area contributed by atoms with Gasteiger partial charge in [-0.05, 0) is 42.8 Å². The number of hydrogen-bond donors (Lipinski definition) is 2. The highest BCUT2D eigenvalue weighted by Gasteiger charge is 2.16. The van der Waals surface area contributed by atoms with Gasteiger partial charge < -0.3 is 14.7 Å². The molecule has 24 heavy (non-hydrogen) atoms. The number of rotatable bonds is 2. The molecule has 0 bridgehead atoms. The molecule has 0 fully saturated rings. The Kier molecular flexibility index (Phi) is 3.36. The first kappa shape index (κ1) is 14.8. The largest absolute Gasteiger partial charge is 0.497 e. The van der Waals surface area contributed by atoms with Crippen LogP contribution in [-0.2, 0) is 0 Å². The maximum absolute atomic E-state index is 12.5. The molecule has 0 amide bonds. The predicted molar refractivity (Wildman–Crippen MR) is 98.2 cm³/mol. The minimum atomic E-state index is -0.110. The van der Waals surface area contributed by atoms with E-state index in [0.717, 1.165) is 38.8 Å². The van der Waals surface area contributed by atoms with E-state index in [0.29, 0.717) is 10.6 Å². The maximum atomic E-state index is 12.5. The Morgan fingerprint density at radius 1 is 1.04 bits per heavy atom. The average molecular weight is 339 g/mol. The predicted octanol–water partition coefficient (Wildman–Crippen LogP) is 4.65. The number of aromatic amines is 2. The number of ether oxygens (including phenoxy) is 1. The van der Waals surface area contributed by atoms with Crippen LogP contribution >= 0.6 is 11.6 Å². The zero-order chi connectivity index (χ0) is 16.8. The summed E-state index contributed by atoms with van der Waals surface area (Å²) in [6.45, 7) is 1.82. The molecule has 2 aromatic heterocycles. The van der Waals surface area contributed by atoms with Gasteiger partial charge in [-0.3, -0.25) is 4.79 Å². The molecule has 0 unspecified atom stereocenters. The lowest BCUT2D eigenvalue weighted by Gasteiger charge is -2.09. The Bertz CT molecular complexity index is 1140. The molecule has 2 heterocycles. The highest BCUT2D eigenvalue weighted by Crippen LogP contribution is 2.34. The lowest BCUT2D eigenvalue weighted by atomic mass is 10.00. The first-order valence-corrected chi connectivity index (χ1v) is 7.94. The van der Waals surface area contributed by atoms with E-state index >= 15 is 0 Å². The molecule has 0 spiro atoms. The monoisotopic (exact) mass is 338 g/mol. The normalized spacial score (nSPS) is 11.3. The fourth-order valence-corrected chi connectivity index (χ4v) is 3.30. The van der Waals surface area contributed by atoms with E-state index in [9.17, 15) is 4.79 Å². The molecule has 5 heteroatoms. The molecule has 2 aromatic carbocycles. The standard InChI is InChI=1S/C19H15ClN2O2/c1-10-16(11-4-3-5-13(8-11)24-2)18-17(22-19(10)23)14-9-12(20)6-7-15(14)21-18/h3-9,21H,1-2H3,(H,22,23). The zero-order valence-corrected chi connectivity index (χ0v) is 14.0. The van der Waals surface area contributed by atoms with Gasteiger partial charge in [0, 0.05) is 27.1 Å². The minimum absolute atomic E-state index is 0.110. The van der Waals surface area contributed by atoms with Gasteiger partial charge in [-0.15, -0.1) is 0 Å². The van der Waals surface area contributed by atoms with Crippen molar-refractivity contribution in [2.75, 3.05) is 7.11 Å². The van der Waals surface area contributed by atoms with Gasteiger partial charge in [0.2, 0.25) is 0 Å². The number of pyridine rings is 1. The SMILES string of the molecule is COc1cccc(-c2c(C)c(=O)[nH]c3c2[nH]c2ccc(Cl)cc23)c1. The van der Waals surface area contributed by atoms with Crippen molar-refractivity contribution in [3.8, 4) is 16.9 Å². The van der Waals surface area contributed by atoms with Crippen LogP contribution in [0.5, 0.6) is 5.75 Å². The molecule has 0 saturated heterocycles. The number of hydrogen-bond acceptors (Lipinski definition) is 2. The van der Waals surface area contributed by atoms with Gasteiger partial charge in [-0.1, -0.05) is 23.7 Å². The van der Waals surface area contributed by atoms with Crippen molar-refractivity contribution in [1.29, 1.82) is 0 Å². The summed E-state index contributed by atoms with van der Waals surface area (Å²) in [5, 5.41) is 1.53. The third-order valence-electron chi connectivity index (χ3n) is 4.32. The van der Waals surface area contributed by atoms with Gasteiger partial charge in [0.15, 0.2) is 0 Å². The Labute approximate surface area is 143 Å². The molecule has 0 aliphatic carbocycles. The third-order valence-corrected chi connectivity index (χ3v) is 4.56. The van der Waals surface area contributed by atoms with Crippen LogP contribution < -0.4 is 10.3 Å². The van der Waals surface area contributed by atoms with E-state index in [2.05, 4.69) is 9.97 Å². The molecule has 0 radical (unpaired) electrons. The summed E-state index contributed by atoms with van der Waals surface area (Å²) in [5.74, 6) is 0.750. The Balaban J connectivity index is 2.15. The van der Waals surface area contributed by atoms with E-state index in [1.54, 1.807) is 7.11 Å². The molecule has 0 saturated carbocycles. The molecule has 120 valence electrons. The van der Waals surface area contributed by atoms with Gasteiger partial charge in [0.1, 0.15) is 5.75 Å². The topological polar surface area (TPSA) is 57.9 Å². The summed E-state index contributed by atoms with van der Waals surface area (Å²) >= 11 is 6.12. The van der Waals surface area contributed by atoms with Crippen LogP contribution in [0.2, 0.25) is 5.02 Å². The van der Waals surface area contributed by atoms with Crippen LogP contribution in [0.4, 0.5) is 0 Å². The molecular weight excluding hydrogens is 324 g/mol. The van der Waals surface area contributed by atoms with Crippen molar-refractivity contribution in [2.45, 2.75) is 6.92 Å². The summed E-state index contributed by atoms with van der Waals surface area (Å²) < 4.78 is 5.32. The van der Waals surface area contributed by atoms with E-state index in [1.807, 2.05) is 49.4 Å². The Morgan fingerprint density at radius 2 is 1.88 bits per heavy atom. The van der Waals surface area contributed by atoms with Gasteiger partial charge in [-0.2, -0.15) is 0 Å². The van der Waals surface area contributed by atoms with Gasteiger partial charge in [0.05, 0.1) is 18.1 Å². The maximum Gasteiger partial charge on any atom is 0.252 e. The van der Waals surface area contributed by atoms with Crippen molar-refractivity contribution < 1.29 is 4.74 Å². The van der Waals surface area contributed by atoms with E-state index in [-0.39, 0.29) is 5.56 Å². The van der Waals surface area contributed by atoms with Crippen LogP contribution in [0.3, 0.4) is 0 Å². The Hall–Kier alpha value is -2.72.